The van der Waals surface area contributed by atoms with Crippen molar-refractivity contribution in [2.75, 3.05) is 24.2 Å². The summed E-state index contributed by atoms with van der Waals surface area (Å²) in [4.78, 5) is 30.6. The van der Waals surface area contributed by atoms with Crippen molar-refractivity contribution in [1.29, 1.82) is 0 Å². The summed E-state index contributed by atoms with van der Waals surface area (Å²) in [6, 6.07) is 15.0. The van der Waals surface area contributed by atoms with E-state index in [9.17, 15) is 17.8 Å². The Bertz CT molecular complexity index is 1100. The molecule has 10 nitrogen and oxygen atoms in total. The van der Waals surface area contributed by atoms with Gasteiger partial charge >= 0.3 is 13.9 Å². The molecule has 1 saturated carbocycles. The molecule has 2 aromatic rings. The summed E-state index contributed by atoms with van der Waals surface area (Å²) in [5.41, 5.74) is 0.362. The van der Waals surface area contributed by atoms with E-state index in [-0.39, 0.29) is 18.2 Å². The van der Waals surface area contributed by atoms with Gasteiger partial charge in [-0.05, 0) is 43.0 Å². The molecule has 1 aliphatic carbocycles. The van der Waals surface area contributed by atoms with Crippen molar-refractivity contribution in [1.82, 2.24) is 5.32 Å². The van der Waals surface area contributed by atoms with Crippen molar-refractivity contribution in [3.05, 3.63) is 54.6 Å². The van der Waals surface area contributed by atoms with Crippen molar-refractivity contribution < 1.29 is 36.8 Å². The third-order valence-corrected chi connectivity index (χ3v) is 8.22. The fraction of sp³-hybridized carbons (Fsp3) is 0.409. The third-order valence-electron chi connectivity index (χ3n) is 5.48. The van der Waals surface area contributed by atoms with E-state index >= 15 is 0 Å². The quantitative estimate of drug-likeness (QED) is 0.333. The minimum Gasteiger partial charge on any atom is -0.455 e. The van der Waals surface area contributed by atoms with Gasteiger partial charge in [-0.2, -0.15) is 0 Å². The zero-order valence-electron chi connectivity index (χ0n) is 18.5. The van der Waals surface area contributed by atoms with Crippen LogP contribution in [0, 0.1) is 5.92 Å². The van der Waals surface area contributed by atoms with E-state index in [2.05, 4.69) is 15.2 Å². The first-order valence-corrected chi connectivity index (χ1v) is 14.2. The Morgan fingerprint density at radius 1 is 1.06 bits per heavy atom. The zero-order valence-corrected chi connectivity index (χ0v) is 20.2. The van der Waals surface area contributed by atoms with Gasteiger partial charge in [-0.25, -0.2) is 17.8 Å². The van der Waals surface area contributed by atoms with Crippen molar-refractivity contribution >= 4 is 29.4 Å². The topological polar surface area (TPSA) is 151 Å². The first-order chi connectivity index (χ1) is 16.1. The number of carbonyl (C=O) groups is 1. The number of nitrogens with one attached hydrogen (secondary N) is 2. The molecule has 4 N–H and O–H groups in total. The maximum absolute atomic E-state index is 12.9. The number of amides is 2. The van der Waals surface area contributed by atoms with E-state index in [1.807, 2.05) is 18.2 Å². The van der Waals surface area contributed by atoms with Crippen LogP contribution in [0.5, 0.6) is 11.5 Å². The van der Waals surface area contributed by atoms with Gasteiger partial charge in [0.15, 0.2) is 15.6 Å². The van der Waals surface area contributed by atoms with Crippen LogP contribution >= 0.6 is 7.82 Å². The molecule has 0 spiro atoms. The first-order valence-electron chi connectivity index (χ1n) is 10.9. The fourth-order valence-electron chi connectivity index (χ4n) is 3.76. The summed E-state index contributed by atoms with van der Waals surface area (Å²) in [7, 11) is -8.66. The zero-order chi connectivity index (χ0) is 24.6. The first kappa shape index (κ1) is 26.2. The Balaban J connectivity index is 1.64. The smallest absolute Gasteiger partial charge is 0.455 e. The molecule has 12 heteroatoms. The number of phosphoric ester groups is 1. The van der Waals surface area contributed by atoms with Crippen molar-refractivity contribution in [2.45, 2.75) is 30.9 Å². The van der Waals surface area contributed by atoms with E-state index in [4.69, 9.17) is 14.5 Å². The van der Waals surface area contributed by atoms with Gasteiger partial charge in [0.05, 0.1) is 18.0 Å². The van der Waals surface area contributed by atoms with Gasteiger partial charge in [0.2, 0.25) is 0 Å². The molecule has 1 unspecified atom stereocenters. The minimum absolute atomic E-state index is 0.00148. The second kappa shape index (κ2) is 11.8. The maximum atomic E-state index is 12.9. The number of anilines is 1. The van der Waals surface area contributed by atoms with Crippen LogP contribution in [0.4, 0.5) is 10.5 Å². The van der Waals surface area contributed by atoms with Gasteiger partial charge in [-0.15, -0.1) is 0 Å². The summed E-state index contributed by atoms with van der Waals surface area (Å²) in [6.45, 7) is -1.10. The number of ether oxygens (including phenoxy) is 1. The third kappa shape index (κ3) is 8.41. The molecule has 186 valence electrons. The summed E-state index contributed by atoms with van der Waals surface area (Å²) in [5.74, 6) is 0.849. The highest BCUT2D eigenvalue weighted by Gasteiger charge is 2.32. The lowest BCUT2D eigenvalue weighted by atomic mass is 10.1. The van der Waals surface area contributed by atoms with E-state index in [0.29, 0.717) is 17.2 Å². The maximum Gasteiger partial charge on any atom is 0.469 e. The number of hydrogen-bond acceptors (Lipinski definition) is 6. The Morgan fingerprint density at radius 3 is 2.38 bits per heavy atom. The lowest BCUT2D eigenvalue weighted by molar-refractivity contribution is 0.195. The average molecular weight is 513 g/mol. The molecule has 1 atom stereocenters. The lowest BCUT2D eigenvalue weighted by Gasteiger charge is -2.21. The van der Waals surface area contributed by atoms with Crippen LogP contribution in [0.2, 0.25) is 0 Å². The lowest BCUT2D eigenvalue weighted by Crippen LogP contribution is -2.42. The van der Waals surface area contributed by atoms with Crippen molar-refractivity contribution in [2.24, 2.45) is 5.92 Å². The van der Waals surface area contributed by atoms with Gasteiger partial charge in [-0.1, -0.05) is 43.2 Å². The summed E-state index contributed by atoms with van der Waals surface area (Å²) < 4.78 is 47.2. The molecule has 0 aliphatic heterocycles. The molecule has 1 fully saturated rings. The largest absolute Gasteiger partial charge is 0.469 e. The van der Waals surface area contributed by atoms with Crippen LogP contribution in [-0.2, 0) is 18.9 Å². The highest BCUT2D eigenvalue weighted by atomic mass is 32.2. The van der Waals surface area contributed by atoms with Crippen LogP contribution in [0.25, 0.3) is 0 Å². The second-order valence-corrected chi connectivity index (χ2v) is 11.7. The van der Waals surface area contributed by atoms with Crippen LogP contribution in [0.3, 0.4) is 0 Å². The second-order valence-electron chi connectivity index (χ2n) is 8.13. The summed E-state index contributed by atoms with van der Waals surface area (Å²) >= 11 is 0. The molecule has 2 amide bonds. The van der Waals surface area contributed by atoms with Crippen LogP contribution in [0.15, 0.2) is 54.6 Å². The number of sulfone groups is 1. The number of para-hydroxylation sites is 3. The summed E-state index contributed by atoms with van der Waals surface area (Å²) in [5, 5.41) is 3.79. The predicted molar refractivity (Wildman–Crippen MR) is 128 cm³/mol. The fourth-order valence-corrected chi connectivity index (χ4v) is 6.11. The Hall–Kier alpha value is -2.43. The molecule has 0 aromatic heterocycles. The highest BCUT2D eigenvalue weighted by molar-refractivity contribution is 7.92. The van der Waals surface area contributed by atoms with Gasteiger partial charge < -0.3 is 25.2 Å². The van der Waals surface area contributed by atoms with Crippen LogP contribution in [-0.4, -0.2) is 48.4 Å². The van der Waals surface area contributed by atoms with Crippen LogP contribution in [0.1, 0.15) is 25.7 Å². The van der Waals surface area contributed by atoms with Crippen molar-refractivity contribution in [3.63, 3.8) is 0 Å². The molecule has 1 aliphatic rings. The van der Waals surface area contributed by atoms with E-state index in [0.717, 1.165) is 25.7 Å². The van der Waals surface area contributed by atoms with Crippen LogP contribution < -0.4 is 15.4 Å². The molecule has 0 radical (unpaired) electrons. The molecule has 0 saturated heterocycles. The molecule has 0 bridgehead atoms. The number of benzene rings is 2. The SMILES string of the molecule is O=C(NCC(COP(=O)(O)O)S(=O)(=O)CC1CCCC1)Nc1ccccc1Oc1ccccc1. The van der Waals surface area contributed by atoms with E-state index < -0.39 is 35.5 Å². The molecule has 34 heavy (non-hydrogen) atoms. The van der Waals surface area contributed by atoms with Gasteiger partial charge in [0.1, 0.15) is 11.0 Å². The molecule has 2 aromatic carbocycles. The number of urea groups is 1. The summed E-state index contributed by atoms with van der Waals surface area (Å²) in [6.07, 6.45) is 3.48. The van der Waals surface area contributed by atoms with Gasteiger partial charge in [0, 0.05) is 6.54 Å². The molecular formula is C22H29N2O8PS. The van der Waals surface area contributed by atoms with Gasteiger partial charge in [-0.3, -0.25) is 4.52 Å². The number of carbonyl (C=O) groups excluding carboxylic acids is 1. The Morgan fingerprint density at radius 2 is 1.71 bits per heavy atom. The Labute approximate surface area is 198 Å². The molecular weight excluding hydrogens is 483 g/mol. The highest BCUT2D eigenvalue weighted by Crippen LogP contribution is 2.36. The van der Waals surface area contributed by atoms with E-state index in [1.165, 1.54) is 0 Å². The van der Waals surface area contributed by atoms with E-state index in [1.54, 1.807) is 36.4 Å². The molecule has 0 heterocycles. The average Bonchev–Trinajstić information content (AvgIpc) is 3.27. The van der Waals surface area contributed by atoms with Gasteiger partial charge in [0.25, 0.3) is 0 Å². The minimum atomic E-state index is -4.88. The number of rotatable bonds is 11. The molecule has 3 rings (SSSR count). The monoisotopic (exact) mass is 512 g/mol. The number of phosphoric acid groups is 1. The van der Waals surface area contributed by atoms with Crippen molar-refractivity contribution in [3.8, 4) is 11.5 Å². The normalized spacial score (nSPS) is 15.6. The standard InChI is InChI=1S/C22H29N2O8PS/c25-22(24-20-12-6-7-13-21(20)32-18-10-2-1-3-11-18)23-14-19(15-31-33(26,27)28)34(29,30)16-17-8-4-5-9-17/h1-3,6-7,10-13,17,19H,4-5,8-9,14-16H2,(H2,23,24,25)(H2,26,27,28). The number of hydrogen-bond donors (Lipinski definition) is 4. The predicted octanol–water partition coefficient (Wildman–Crippen LogP) is 3.68. The Kier molecular flexibility index (Phi) is 9.10.